The largest absolute Gasteiger partial charge is 0.512 e. The van der Waals surface area contributed by atoms with Gasteiger partial charge in [0.2, 0.25) is 0 Å². The number of aliphatic hydroxyl groups is 2. The molecule has 80 heavy (non-hydrogen) atoms. The third-order valence-electron chi connectivity index (χ3n) is 9.46. The van der Waals surface area contributed by atoms with Gasteiger partial charge in [-0.2, -0.15) is 0 Å². The molecule has 0 fully saturated rings. The summed E-state index contributed by atoms with van der Waals surface area (Å²) in [6.07, 6.45) is 9.27. The molecule has 0 unspecified atom stereocenters. The molecule has 0 amide bonds. The van der Waals surface area contributed by atoms with Crippen LogP contribution in [0.25, 0.3) is 56.3 Å². The zero-order valence-electron chi connectivity index (χ0n) is 41.8. The van der Waals surface area contributed by atoms with Crippen LogP contribution < -0.4 is 0 Å². The Hall–Kier alpha value is -6.87. The van der Waals surface area contributed by atoms with E-state index in [0.717, 1.165) is 52.3 Å². The van der Waals surface area contributed by atoms with Crippen molar-refractivity contribution in [3.63, 3.8) is 0 Å². The second-order valence-electron chi connectivity index (χ2n) is 15.3. The number of hydrogen-bond acceptors (Lipinski definition) is 8. The Morgan fingerprint density at radius 3 is 1.04 bits per heavy atom. The van der Waals surface area contributed by atoms with E-state index in [1.807, 2.05) is 36.4 Å². The summed E-state index contributed by atoms with van der Waals surface area (Å²) in [5.41, 5.74) is 6.67. The van der Waals surface area contributed by atoms with E-state index < -0.39 is 23.3 Å². The third kappa shape index (κ3) is 25.5. The molecule has 0 bridgehead atoms. The summed E-state index contributed by atoms with van der Waals surface area (Å²) in [6.45, 7) is 2.82. The van der Waals surface area contributed by atoms with Crippen LogP contribution in [0.3, 0.4) is 0 Å². The zero-order valence-corrected chi connectivity index (χ0v) is 51.4. The van der Waals surface area contributed by atoms with E-state index in [1.54, 1.807) is 97.7 Å². The molecule has 2 N–H and O–H groups in total. The normalized spacial score (nSPS) is 9.70. The minimum absolute atomic E-state index is 0. The van der Waals surface area contributed by atoms with Crippen LogP contribution in [0.1, 0.15) is 19.4 Å². The summed E-state index contributed by atoms with van der Waals surface area (Å²) in [4.78, 5) is 30.3. The number of nitrogens with zero attached hydrogens (tertiary/aromatic N) is 5. The van der Waals surface area contributed by atoms with E-state index in [9.17, 15) is 35.5 Å². The van der Waals surface area contributed by atoms with Gasteiger partial charge in [0.25, 0.3) is 0 Å². The van der Waals surface area contributed by atoms with Crippen molar-refractivity contribution in [3.8, 4) is 56.3 Å². The maximum absolute atomic E-state index is 13.2. The first-order valence-corrected chi connectivity index (χ1v) is 22.5. The van der Waals surface area contributed by atoms with Gasteiger partial charge < -0.3 is 35.1 Å². The molecule has 420 valence electrons. The van der Waals surface area contributed by atoms with Crippen LogP contribution in [-0.4, -0.2) is 40.9 Å². The van der Waals surface area contributed by atoms with Crippen LogP contribution >= 0.6 is 0 Å². The quantitative estimate of drug-likeness (QED) is 0.0700. The van der Waals surface area contributed by atoms with Gasteiger partial charge in [-0.25, -0.2) is 0 Å². The molecular weight excluding hydrogens is 1750 g/mol. The van der Waals surface area contributed by atoms with Gasteiger partial charge in [-0.3, -0.25) is 35.5 Å². The van der Waals surface area contributed by atoms with Crippen molar-refractivity contribution in [1.82, 2.24) is 24.9 Å². The number of benzene rings is 5. The molecule has 5 heterocycles. The monoisotopic (exact) mass is 1800 g/mol. The fourth-order valence-corrected chi connectivity index (χ4v) is 6.06. The van der Waals surface area contributed by atoms with E-state index in [1.165, 1.54) is 56.3 Å². The molecule has 19 heteroatoms. The predicted octanol–water partition coefficient (Wildman–Crippen LogP) is 14.2. The molecule has 4 radical (unpaired) electrons. The first kappa shape index (κ1) is 71.1. The molecule has 5 aromatic heterocycles. The van der Waals surface area contributed by atoms with Gasteiger partial charge in [0.15, 0.2) is 5.78 Å². The van der Waals surface area contributed by atoms with Crippen LogP contribution in [0.2, 0.25) is 0 Å². The number of ketones is 1. The van der Waals surface area contributed by atoms with Crippen LogP contribution in [0.4, 0.5) is 30.7 Å². The zero-order chi connectivity index (χ0) is 54.7. The number of carbonyl (C=O) groups is 1. The Labute approximate surface area is 512 Å². The molecule has 10 rings (SSSR count). The summed E-state index contributed by atoms with van der Waals surface area (Å²) in [5, 5.41) is 17.3. The molecule has 10 aromatic rings. The van der Waals surface area contributed by atoms with Crippen molar-refractivity contribution in [3.05, 3.63) is 283 Å². The molecule has 0 saturated carbocycles. The maximum Gasteiger partial charge on any atom is 0.155 e. The standard InChI is InChI=1S/C12H9FNO.2C11H6F2N.2C11H7FN.C5H8O2.4Ir/c13-11-3-1-10(2-4-11)12-7-9(8-15)5-6-14-12;2*12-8-4-5-9(10(13)7-8)11-3-1-2-6-14-11;2*12-10-6-4-9(5-7-10)11-3-1-2-8-13-11;1-4(6)3-5(2)7;;;;/h1,3-7,15H,8H2;2*1-4,6-7H;2*1-4,6-8H;3,6H,1-2H3;;;;/q5*-1;;;;;. The van der Waals surface area contributed by atoms with E-state index >= 15 is 0 Å². The molecule has 8 nitrogen and oxygen atoms in total. The number of pyridine rings is 5. The van der Waals surface area contributed by atoms with Gasteiger partial charge in [-0.1, -0.05) is 77.9 Å². The van der Waals surface area contributed by atoms with Gasteiger partial charge in [-0.15, -0.1) is 114 Å². The summed E-state index contributed by atoms with van der Waals surface area (Å²) in [7, 11) is 0. The van der Waals surface area contributed by atoms with Crippen LogP contribution in [0.15, 0.2) is 207 Å². The Balaban J connectivity index is 0.000000480. The fourth-order valence-electron chi connectivity index (χ4n) is 6.06. The molecule has 0 aliphatic carbocycles. The molecular formula is C61H43F7Ir4N5O3-5. The average Bonchev–Trinajstić information content (AvgIpc) is 3.43. The molecule has 5 aromatic carbocycles. The van der Waals surface area contributed by atoms with Gasteiger partial charge in [0.1, 0.15) is 0 Å². The topological polar surface area (TPSA) is 122 Å². The van der Waals surface area contributed by atoms with Crippen LogP contribution in [0.5, 0.6) is 0 Å². The predicted molar refractivity (Wildman–Crippen MR) is 275 cm³/mol. The van der Waals surface area contributed by atoms with E-state index in [2.05, 4.69) is 55.3 Å². The minimum Gasteiger partial charge on any atom is -0.512 e. The first-order valence-electron chi connectivity index (χ1n) is 22.5. The number of aromatic nitrogens is 5. The van der Waals surface area contributed by atoms with E-state index in [4.69, 9.17) is 10.2 Å². The summed E-state index contributed by atoms with van der Waals surface area (Å²) in [6, 6.07) is 55.1. The summed E-state index contributed by atoms with van der Waals surface area (Å²) < 4.78 is 89.4. The Morgan fingerprint density at radius 2 is 0.762 bits per heavy atom. The van der Waals surface area contributed by atoms with Gasteiger partial charge in [0, 0.05) is 158 Å². The van der Waals surface area contributed by atoms with Crippen molar-refractivity contribution in [2.75, 3.05) is 0 Å². The second kappa shape index (κ2) is 38.7. The Bertz CT molecular complexity index is 3200. The SMILES string of the molecule is CC(=O)C=C(C)O.Fc1c[c-]c(-c2ccccn2)c(F)c1.Fc1c[c-]c(-c2ccccn2)c(F)c1.Fc1c[c-]c(-c2ccccn2)cc1.Fc1c[c-]c(-c2ccccn2)cc1.OCc1ccnc(-c2[c-]cc(F)cc2)c1.[Ir].[Ir].[Ir].[Ir]. The molecule has 0 saturated heterocycles. The molecule has 0 spiro atoms. The van der Waals surface area contributed by atoms with Crippen molar-refractivity contribution in [2.45, 2.75) is 20.5 Å². The summed E-state index contributed by atoms with van der Waals surface area (Å²) in [5.74, 6) is -3.51. The number of rotatable bonds is 7. The molecule has 0 aliphatic heterocycles. The van der Waals surface area contributed by atoms with Crippen LogP contribution in [0, 0.1) is 71.1 Å². The van der Waals surface area contributed by atoms with Gasteiger partial charge in [0.05, 0.1) is 12.4 Å². The number of hydrogen-bond donors (Lipinski definition) is 2. The maximum atomic E-state index is 13.2. The second-order valence-corrected chi connectivity index (χ2v) is 15.3. The number of carbonyl (C=O) groups excluding carboxylic acids is 1. The number of allylic oxidation sites excluding steroid dienone is 2. The smallest absolute Gasteiger partial charge is 0.155 e. The minimum atomic E-state index is -0.649. The van der Waals surface area contributed by atoms with Crippen molar-refractivity contribution >= 4 is 5.78 Å². The first-order chi connectivity index (χ1) is 36.7. The molecule has 0 atom stereocenters. The van der Waals surface area contributed by atoms with Crippen LogP contribution in [-0.2, 0) is 91.8 Å². The molecule has 0 aliphatic rings. The Kier molecular flexibility index (Phi) is 34.4. The van der Waals surface area contributed by atoms with Gasteiger partial charge in [-0.05, 0) is 78.2 Å². The third-order valence-corrected chi connectivity index (χ3v) is 9.46. The number of aliphatic hydroxyl groups excluding tert-OH is 2. The van der Waals surface area contributed by atoms with Crippen molar-refractivity contribution < 1.29 is 126 Å². The van der Waals surface area contributed by atoms with E-state index in [0.29, 0.717) is 22.6 Å². The van der Waals surface area contributed by atoms with Gasteiger partial charge >= 0.3 is 0 Å². The van der Waals surface area contributed by atoms with E-state index in [-0.39, 0.29) is 127 Å². The fraction of sp³-hybridized carbons (Fsp3) is 0.0492. The number of halogens is 7. The average molecular weight is 1800 g/mol. The van der Waals surface area contributed by atoms with Crippen molar-refractivity contribution in [1.29, 1.82) is 0 Å². The Morgan fingerprint density at radius 1 is 0.425 bits per heavy atom. The van der Waals surface area contributed by atoms with Crippen molar-refractivity contribution in [2.24, 2.45) is 0 Å². The summed E-state index contributed by atoms with van der Waals surface area (Å²) >= 11 is 0.